The van der Waals surface area contributed by atoms with E-state index in [2.05, 4.69) is 25.7 Å². The highest BCUT2D eigenvalue weighted by atomic mass is 16.5. The summed E-state index contributed by atoms with van der Waals surface area (Å²) in [6, 6.07) is 0.0607. The molecule has 0 aromatic rings. The molecule has 0 aromatic heterocycles. The topological polar surface area (TPSA) is 58.7 Å². The van der Waals surface area contributed by atoms with E-state index in [9.17, 15) is 5.11 Å². The van der Waals surface area contributed by atoms with Crippen LogP contribution in [0, 0.1) is 5.92 Å². The molecule has 0 bridgehead atoms. The molecule has 3 unspecified atom stereocenters. The highest BCUT2D eigenvalue weighted by molar-refractivity contribution is 4.85. The third-order valence-electron chi connectivity index (χ3n) is 3.74. The van der Waals surface area contributed by atoms with E-state index in [1.54, 1.807) is 0 Å². The zero-order chi connectivity index (χ0) is 12.8. The first-order valence-corrected chi connectivity index (χ1v) is 6.82. The van der Waals surface area contributed by atoms with Crippen LogP contribution in [0.25, 0.3) is 0 Å². The van der Waals surface area contributed by atoms with Crippen LogP contribution in [0.4, 0.5) is 0 Å². The SMILES string of the molecule is CCN(CC1CCCO1)C(CO)C(N)C(C)C. The highest BCUT2D eigenvalue weighted by Gasteiger charge is 2.28. The van der Waals surface area contributed by atoms with Crippen LogP contribution in [0.3, 0.4) is 0 Å². The van der Waals surface area contributed by atoms with Crippen molar-refractivity contribution in [2.24, 2.45) is 11.7 Å². The average molecular weight is 244 g/mol. The predicted octanol–water partition coefficient (Wildman–Crippen LogP) is 0.832. The molecule has 0 aromatic carbocycles. The van der Waals surface area contributed by atoms with Crippen molar-refractivity contribution < 1.29 is 9.84 Å². The van der Waals surface area contributed by atoms with Gasteiger partial charge >= 0.3 is 0 Å². The van der Waals surface area contributed by atoms with Crippen molar-refractivity contribution >= 4 is 0 Å². The fourth-order valence-electron chi connectivity index (χ4n) is 2.47. The number of likely N-dealkylation sites (N-methyl/N-ethyl adjacent to an activating group) is 1. The molecule has 0 aliphatic carbocycles. The minimum Gasteiger partial charge on any atom is -0.395 e. The number of ether oxygens (including phenoxy) is 1. The number of nitrogens with two attached hydrogens (primary N) is 1. The molecule has 1 heterocycles. The van der Waals surface area contributed by atoms with E-state index in [1.807, 2.05) is 0 Å². The molecule has 1 rings (SSSR count). The summed E-state index contributed by atoms with van der Waals surface area (Å²) in [7, 11) is 0. The van der Waals surface area contributed by atoms with E-state index in [4.69, 9.17) is 10.5 Å². The van der Waals surface area contributed by atoms with Crippen LogP contribution in [-0.2, 0) is 4.74 Å². The van der Waals surface area contributed by atoms with Crippen LogP contribution in [0.1, 0.15) is 33.6 Å². The van der Waals surface area contributed by atoms with Crippen molar-refractivity contribution in [2.75, 3.05) is 26.3 Å². The largest absolute Gasteiger partial charge is 0.395 e. The molecule has 1 saturated heterocycles. The lowest BCUT2D eigenvalue weighted by atomic mass is 9.96. The number of aliphatic hydroxyl groups excluding tert-OH is 1. The molecule has 1 aliphatic heterocycles. The Hall–Kier alpha value is -0.160. The van der Waals surface area contributed by atoms with Gasteiger partial charge in [0.1, 0.15) is 0 Å². The second-order valence-corrected chi connectivity index (χ2v) is 5.29. The fraction of sp³-hybridized carbons (Fsp3) is 1.00. The Morgan fingerprint density at radius 3 is 2.59 bits per heavy atom. The maximum absolute atomic E-state index is 9.56. The maximum atomic E-state index is 9.56. The number of hydrogen-bond acceptors (Lipinski definition) is 4. The van der Waals surface area contributed by atoms with Gasteiger partial charge in [0.2, 0.25) is 0 Å². The van der Waals surface area contributed by atoms with Gasteiger partial charge in [-0.15, -0.1) is 0 Å². The van der Waals surface area contributed by atoms with Crippen LogP contribution < -0.4 is 5.73 Å². The molecular weight excluding hydrogens is 216 g/mol. The number of nitrogens with zero attached hydrogens (tertiary/aromatic N) is 1. The van der Waals surface area contributed by atoms with Gasteiger partial charge in [0.05, 0.1) is 12.7 Å². The molecule has 0 radical (unpaired) electrons. The van der Waals surface area contributed by atoms with Gasteiger partial charge in [0, 0.05) is 25.2 Å². The molecule has 3 N–H and O–H groups in total. The Morgan fingerprint density at radius 2 is 2.18 bits per heavy atom. The lowest BCUT2D eigenvalue weighted by Gasteiger charge is -2.36. The van der Waals surface area contributed by atoms with Gasteiger partial charge in [-0.2, -0.15) is 0 Å². The smallest absolute Gasteiger partial charge is 0.0702 e. The molecular formula is C13H28N2O2. The van der Waals surface area contributed by atoms with Crippen LogP contribution >= 0.6 is 0 Å². The molecule has 1 fully saturated rings. The Bertz CT molecular complexity index is 206. The third-order valence-corrected chi connectivity index (χ3v) is 3.74. The molecule has 0 saturated carbocycles. The summed E-state index contributed by atoms with van der Waals surface area (Å²) in [5, 5.41) is 9.56. The normalized spacial score (nSPS) is 24.5. The van der Waals surface area contributed by atoms with Crippen LogP contribution in [0.5, 0.6) is 0 Å². The monoisotopic (exact) mass is 244 g/mol. The quantitative estimate of drug-likeness (QED) is 0.696. The van der Waals surface area contributed by atoms with E-state index in [-0.39, 0.29) is 18.7 Å². The number of rotatable bonds is 7. The average Bonchev–Trinajstić information content (AvgIpc) is 2.81. The van der Waals surface area contributed by atoms with Crippen molar-refractivity contribution in [3.63, 3.8) is 0 Å². The van der Waals surface area contributed by atoms with E-state index in [1.165, 1.54) is 0 Å². The van der Waals surface area contributed by atoms with Crippen LogP contribution in [-0.4, -0.2) is 54.5 Å². The zero-order valence-electron chi connectivity index (χ0n) is 11.4. The Balaban J connectivity index is 2.55. The summed E-state index contributed by atoms with van der Waals surface area (Å²) >= 11 is 0. The van der Waals surface area contributed by atoms with Gasteiger partial charge in [0.15, 0.2) is 0 Å². The van der Waals surface area contributed by atoms with E-state index in [0.717, 1.165) is 32.5 Å². The lowest BCUT2D eigenvalue weighted by Crippen LogP contribution is -2.54. The second-order valence-electron chi connectivity index (χ2n) is 5.29. The van der Waals surface area contributed by atoms with Gasteiger partial charge in [-0.05, 0) is 25.3 Å². The molecule has 0 amide bonds. The molecule has 4 heteroatoms. The van der Waals surface area contributed by atoms with E-state index in [0.29, 0.717) is 12.0 Å². The predicted molar refractivity (Wildman–Crippen MR) is 69.9 cm³/mol. The van der Waals surface area contributed by atoms with Gasteiger partial charge in [-0.25, -0.2) is 0 Å². The fourth-order valence-corrected chi connectivity index (χ4v) is 2.47. The number of aliphatic hydroxyl groups is 1. The van der Waals surface area contributed by atoms with Crippen LogP contribution in [0.15, 0.2) is 0 Å². The Kier molecular flexibility index (Phi) is 6.41. The van der Waals surface area contributed by atoms with Crippen molar-refractivity contribution in [3.8, 4) is 0 Å². The van der Waals surface area contributed by atoms with Crippen molar-refractivity contribution in [3.05, 3.63) is 0 Å². The molecule has 0 spiro atoms. The zero-order valence-corrected chi connectivity index (χ0v) is 11.4. The second kappa shape index (κ2) is 7.31. The van der Waals surface area contributed by atoms with Gasteiger partial charge in [-0.3, -0.25) is 4.90 Å². The van der Waals surface area contributed by atoms with Gasteiger partial charge < -0.3 is 15.6 Å². The van der Waals surface area contributed by atoms with E-state index >= 15 is 0 Å². The highest BCUT2D eigenvalue weighted by Crippen LogP contribution is 2.17. The minimum absolute atomic E-state index is 0.0151. The molecule has 3 atom stereocenters. The molecule has 1 aliphatic rings. The molecule has 102 valence electrons. The summed E-state index contributed by atoms with van der Waals surface area (Å²) in [5.74, 6) is 0.380. The summed E-state index contributed by atoms with van der Waals surface area (Å²) in [4.78, 5) is 2.26. The van der Waals surface area contributed by atoms with Gasteiger partial charge in [0.25, 0.3) is 0 Å². The van der Waals surface area contributed by atoms with Crippen molar-refractivity contribution in [2.45, 2.75) is 51.8 Å². The summed E-state index contributed by atoms with van der Waals surface area (Å²) < 4.78 is 5.66. The minimum atomic E-state index is 0.0151. The standard InChI is InChI=1S/C13H28N2O2/c1-4-15(8-11-6-5-7-17-11)12(9-16)13(14)10(2)3/h10-13,16H,4-9,14H2,1-3H3. The van der Waals surface area contributed by atoms with Crippen molar-refractivity contribution in [1.82, 2.24) is 4.90 Å². The summed E-state index contributed by atoms with van der Waals surface area (Å²) in [5.41, 5.74) is 6.18. The van der Waals surface area contributed by atoms with Crippen LogP contribution in [0.2, 0.25) is 0 Å². The van der Waals surface area contributed by atoms with Crippen molar-refractivity contribution in [1.29, 1.82) is 0 Å². The maximum Gasteiger partial charge on any atom is 0.0702 e. The first-order chi connectivity index (χ1) is 8.10. The van der Waals surface area contributed by atoms with Gasteiger partial charge in [-0.1, -0.05) is 20.8 Å². The molecule has 17 heavy (non-hydrogen) atoms. The first-order valence-electron chi connectivity index (χ1n) is 6.82. The summed E-state index contributed by atoms with van der Waals surface area (Å²) in [6.07, 6.45) is 2.61. The Labute approximate surface area is 105 Å². The third kappa shape index (κ3) is 4.21. The number of hydrogen-bond donors (Lipinski definition) is 2. The molecule has 4 nitrogen and oxygen atoms in total. The summed E-state index contributed by atoms with van der Waals surface area (Å²) in [6.45, 7) is 9.13. The van der Waals surface area contributed by atoms with E-state index < -0.39 is 0 Å². The Morgan fingerprint density at radius 1 is 1.47 bits per heavy atom. The lowest BCUT2D eigenvalue weighted by molar-refractivity contribution is 0.0324. The first kappa shape index (κ1) is 14.9.